The maximum atomic E-state index is 12.2. The molecule has 2 amide bonds. The van der Waals surface area contributed by atoms with E-state index in [1.54, 1.807) is 18.2 Å². The first-order valence-electron chi connectivity index (χ1n) is 9.00. The summed E-state index contributed by atoms with van der Waals surface area (Å²) in [5.41, 5.74) is 2.42. The van der Waals surface area contributed by atoms with E-state index in [-0.39, 0.29) is 5.76 Å². The molecule has 0 spiro atoms. The number of furan rings is 1. The van der Waals surface area contributed by atoms with Crippen molar-refractivity contribution >= 4 is 23.5 Å². The molecule has 148 valence electrons. The zero-order valence-electron chi connectivity index (χ0n) is 15.8. The lowest BCUT2D eigenvalue weighted by Crippen LogP contribution is -2.40. The van der Waals surface area contributed by atoms with Crippen molar-refractivity contribution in [2.24, 2.45) is 0 Å². The molecule has 7 heteroatoms. The Morgan fingerprint density at radius 3 is 2.41 bits per heavy atom. The molecule has 2 aromatic carbocycles. The van der Waals surface area contributed by atoms with Crippen LogP contribution in [0.4, 0.5) is 5.69 Å². The van der Waals surface area contributed by atoms with Gasteiger partial charge in [0.1, 0.15) is 6.04 Å². The molecule has 3 rings (SSSR count). The molecule has 0 aliphatic carbocycles. The Bertz CT molecular complexity index is 983. The van der Waals surface area contributed by atoms with Gasteiger partial charge in [-0.15, -0.1) is 0 Å². The highest BCUT2D eigenvalue weighted by atomic mass is 16.5. The fourth-order valence-corrected chi connectivity index (χ4v) is 2.64. The lowest BCUT2D eigenvalue weighted by molar-refractivity contribution is -0.148. The van der Waals surface area contributed by atoms with E-state index in [1.165, 1.54) is 19.3 Å². The van der Waals surface area contributed by atoms with Gasteiger partial charge in [-0.3, -0.25) is 9.59 Å². The molecule has 0 aliphatic rings. The number of rotatable bonds is 7. The number of benzene rings is 2. The average Bonchev–Trinajstić information content (AvgIpc) is 3.28. The molecule has 1 aromatic heterocycles. The maximum absolute atomic E-state index is 12.2. The first kappa shape index (κ1) is 19.9. The van der Waals surface area contributed by atoms with Crippen molar-refractivity contribution in [1.82, 2.24) is 5.32 Å². The monoisotopic (exact) mass is 392 g/mol. The summed E-state index contributed by atoms with van der Waals surface area (Å²) < 4.78 is 9.97. The molecular formula is C22H20N2O5. The summed E-state index contributed by atoms with van der Waals surface area (Å²) in [5.74, 6) is -1.66. The van der Waals surface area contributed by atoms with Gasteiger partial charge < -0.3 is 19.8 Å². The number of amides is 2. The van der Waals surface area contributed by atoms with Crippen LogP contribution in [0.2, 0.25) is 0 Å². The zero-order chi connectivity index (χ0) is 20.6. The minimum Gasteiger partial charge on any atom is -0.459 e. The summed E-state index contributed by atoms with van der Waals surface area (Å²) >= 11 is 0. The second-order valence-electron chi connectivity index (χ2n) is 6.24. The van der Waals surface area contributed by atoms with Crippen LogP contribution in [0.5, 0.6) is 0 Å². The number of esters is 1. The van der Waals surface area contributed by atoms with E-state index in [0.29, 0.717) is 5.69 Å². The molecule has 0 unspecified atom stereocenters. The number of ether oxygens (including phenoxy) is 1. The van der Waals surface area contributed by atoms with E-state index < -0.39 is 30.4 Å². The van der Waals surface area contributed by atoms with Crippen molar-refractivity contribution in [1.29, 1.82) is 0 Å². The van der Waals surface area contributed by atoms with Gasteiger partial charge in [-0.25, -0.2) is 4.79 Å². The van der Waals surface area contributed by atoms with Crippen molar-refractivity contribution in [2.75, 3.05) is 11.9 Å². The van der Waals surface area contributed by atoms with Crippen molar-refractivity contribution in [3.8, 4) is 11.1 Å². The molecule has 0 aliphatic heterocycles. The number of carbonyl (C=O) groups is 3. The first-order valence-corrected chi connectivity index (χ1v) is 9.00. The number of anilines is 1. The van der Waals surface area contributed by atoms with Crippen molar-refractivity contribution in [3.63, 3.8) is 0 Å². The van der Waals surface area contributed by atoms with E-state index in [0.717, 1.165) is 11.1 Å². The van der Waals surface area contributed by atoms with Gasteiger partial charge in [0.2, 0.25) is 0 Å². The molecule has 2 N–H and O–H groups in total. The zero-order valence-corrected chi connectivity index (χ0v) is 15.8. The van der Waals surface area contributed by atoms with E-state index in [4.69, 9.17) is 9.15 Å². The Kier molecular flexibility index (Phi) is 6.42. The lowest BCUT2D eigenvalue weighted by atomic mass is 10.0. The van der Waals surface area contributed by atoms with Crippen LogP contribution in [0.1, 0.15) is 17.5 Å². The summed E-state index contributed by atoms with van der Waals surface area (Å²) in [6.45, 7) is 0.995. The van der Waals surface area contributed by atoms with E-state index in [9.17, 15) is 14.4 Å². The molecule has 3 aromatic rings. The summed E-state index contributed by atoms with van der Waals surface area (Å²) in [4.78, 5) is 36.2. The molecule has 0 bridgehead atoms. The van der Waals surface area contributed by atoms with Gasteiger partial charge in [0, 0.05) is 11.3 Å². The summed E-state index contributed by atoms with van der Waals surface area (Å²) in [7, 11) is 0. The molecule has 7 nitrogen and oxygen atoms in total. The Morgan fingerprint density at radius 1 is 0.966 bits per heavy atom. The molecule has 1 heterocycles. The molecule has 1 atom stereocenters. The van der Waals surface area contributed by atoms with Crippen LogP contribution in [0.15, 0.2) is 77.4 Å². The van der Waals surface area contributed by atoms with E-state index in [1.807, 2.05) is 42.5 Å². The van der Waals surface area contributed by atoms with Gasteiger partial charge in [0.25, 0.3) is 11.8 Å². The van der Waals surface area contributed by atoms with Gasteiger partial charge in [0.05, 0.1) is 6.26 Å². The highest BCUT2D eigenvalue weighted by Gasteiger charge is 2.20. The van der Waals surface area contributed by atoms with Crippen LogP contribution in [0.25, 0.3) is 11.1 Å². The highest BCUT2D eigenvalue weighted by Crippen LogP contribution is 2.27. The van der Waals surface area contributed by atoms with E-state index in [2.05, 4.69) is 10.6 Å². The largest absolute Gasteiger partial charge is 0.459 e. The number of hydrogen-bond acceptors (Lipinski definition) is 5. The van der Waals surface area contributed by atoms with Crippen LogP contribution in [0, 0.1) is 0 Å². The second-order valence-corrected chi connectivity index (χ2v) is 6.24. The first-order chi connectivity index (χ1) is 14.0. The quantitative estimate of drug-likeness (QED) is 0.602. The predicted octanol–water partition coefficient (Wildman–Crippen LogP) is 3.25. The molecule has 0 saturated carbocycles. The maximum Gasteiger partial charge on any atom is 0.328 e. The standard InChI is InChI=1S/C22H20N2O5/c1-15(23-21(26)19-12-7-13-28-19)22(27)29-14-20(25)24-18-11-6-5-10-17(18)16-8-3-2-4-9-16/h2-13,15H,14H2,1H3,(H,23,26)(H,24,25)/t15-/m0/s1. The number of para-hydroxylation sites is 1. The van der Waals surface area contributed by atoms with Crippen LogP contribution in [0.3, 0.4) is 0 Å². The van der Waals surface area contributed by atoms with Gasteiger partial charge in [-0.2, -0.15) is 0 Å². The molecule has 29 heavy (non-hydrogen) atoms. The second kappa shape index (κ2) is 9.36. The van der Waals surface area contributed by atoms with Crippen molar-refractivity contribution in [3.05, 3.63) is 78.8 Å². The molecule has 0 saturated heterocycles. The fourth-order valence-electron chi connectivity index (χ4n) is 2.64. The molecular weight excluding hydrogens is 372 g/mol. The number of carbonyl (C=O) groups excluding carboxylic acids is 3. The average molecular weight is 392 g/mol. The van der Waals surface area contributed by atoms with Crippen LogP contribution in [-0.4, -0.2) is 30.4 Å². The van der Waals surface area contributed by atoms with Crippen molar-refractivity contribution in [2.45, 2.75) is 13.0 Å². The summed E-state index contributed by atoms with van der Waals surface area (Å²) in [5, 5.41) is 5.20. The molecule has 0 radical (unpaired) electrons. The Balaban J connectivity index is 1.54. The Hall–Kier alpha value is -3.87. The third-order valence-corrected chi connectivity index (χ3v) is 4.08. The van der Waals surface area contributed by atoms with Gasteiger partial charge in [-0.1, -0.05) is 48.5 Å². The molecule has 0 fully saturated rings. The van der Waals surface area contributed by atoms with Crippen LogP contribution in [-0.2, 0) is 14.3 Å². The third kappa shape index (κ3) is 5.32. The van der Waals surface area contributed by atoms with Crippen LogP contribution < -0.4 is 10.6 Å². The SMILES string of the molecule is C[C@H](NC(=O)c1ccco1)C(=O)OCC(=O)Nc1ccccc1-c1ccccc1. The van der Waals surface area contributed by atoms with Crippen LogP contribution >= 0.6 is 0 Å². The number of nitrogens with one attached hydrogen (secondary N) is 2. The predicted molar refractivity (Wildman–Crippen MR) is 107 cm³/mol. The Morgan fingerprint density at radius 2 is 1.69 bits per heavy atom. The minimum absolute atomic E-state index is 0.0833. The summed E-state index contributed by atoms with van der Waals surface area (Å²) in [6, 6.07) is 19.1. The Labute approximate surface area is 167 Å². The number of hydrogen-bond donors (Lipinski definition) is 2. The minimum atomic E-state index is -0.933. The topological polar surface area (TPSA) is 97.6 Å². The van der Waals surface area contributed by atoms with Gasteiger partial charge in [-0.05, 0) is 30.7 Å². The smallest absolute Gasteiger partial charge is 0.328 e. The lowest BCUT2D eigenvalue weighted by Gasteiger charge is -2.14. The fraction of sp³-hybridized carbons (Fsp3) is 0.136. The van der Waals surface area contributed by atoms with Crippen molar-refractivity contribution < 1.29 is 23.5 Å². The van der Waals surface area contributed by atoms with E-state index >= 15 is 0 Å². The third-order valence-electron chi connectivity index (χ3n) is 4.08. The van der Waals surface area contributed by atoms with Gasteiger partial charge in [0.15, 0.2) is 12.4 Å². The normalized spacial score (nSPS) is 11.3. The summed E-state index contributed by atoms with van der Waals surface area (Å²) in [6.07, 6.45) is 1.36. The van der Waals surface area contributed by atoms with Gasteiger partial charge >= 0.3 is 5.97 Å². The highest BCUT2D eigenvalue weighted by molar-refractivity contribution is 5.98.